The number of hydrogen-bond acceptors (Lipinski definition) is 4. The lowest BCUT2D eigenvalue weighted by molar-refractivity contribution is 0.619. The number of aromatic nitrogens is 3. The lowest BCUT2D eigenvalue weighted by atomic mass is 9.82. The summed E-state index contributed by atoms with van der Waals surface area (Å²) in [5.74, 6) is 1.20. The Hall–Kier alpha value is -6.72. The topological polar surface area (TPSA) is 57.0 Å². The van der Waals surface area contributed by atoms with Gasteiger partial charge in [-0.25, -0.2) is 9.97 Å². The number of oxazole rings is 2. The summed E-state index contributed by atoms with van der Waals surface area (Å²) in [6, 6.07) is 53.3. The molecule has 7 aromatic carbocycles. The van der Waals surface area contributed by atoms with Crippen molar-refractivity contribution in [2.45, 2.75) is 19.3 Å². The van der Waals surface area contributed by atoms with Gasteiger partial charge in [-0.3, -0.25) is 0 Å². The number of rotatable bonds is 4. The summed E-state index contributed by atoms with van der Waals surface area (Å²) >= 11 is 0. The summed E-state index contributed by atoms with van der Waals surface area (Å²) in [4.78, 5) is 9.62. The minimum absolute atomic E-state index is 0.0433. The largest absolute Gasteiger partial charge is 0.436 e. The quantitative estimate of drug-likeness (QED) is 0.187. The van der Waals surface area contributed by atoms with E-state index in [0.717, 1.165) is 60.8 Å². The molecule has 0 unspecified atom stereocenters. The predicted molar refractivity (Wildman–Crippen MR) is 210 cm³/mol. The summed E-state index contributed by atoms with van der Waals surface area (Å²) in [5, 5.41) is 2.19. The highest BCUT2D eigenvalue weighted by atomic mass is 16.4. The molecule has 11 rings (SSSR count). The molecule has 0 aliphatic heterocycles. The molecule has 0 fully saturated rings. The van der Waals surface area contributed by atoms with E-state index in [0.29, 0.717) is 11.8 Å². The molecule has 0 atom stereocenters. The van der Waals surface area contributed by atoms with E-state index < -0.39 is 0 Å². The Morgan fingerprint density at radius 3 is 1.62 bits per heavy atom. The van der Waals surface area contributed by atoms with Crippen LogP contribution in [0.15, 0.2) is 160 Å². The van der Waals surface area contributed by atoms with Crippen molar-refractivity contribution >= 4 is 44.0 Å². The first-order chi connectivity index (χ1) is 25.5. The van der Waals surface area contributed by atoms with E-state index in [1.54, 1.807) is 0 Å². The van der Waals surface area contributed by atoms with Crippen LogP contribution < -0.4 is 0 Å². The van der Waals surface area contributed by atoms with E-state index in [4.69, 9.17) is 18.8 Å². The van der Waals surface area contributed by atoms with Gasteiger partial charge in [0, 0.05) is 33.0 Å². The molecule has 1 aliphatic rings. The van der Waals surface area contributed by atoms with Crippen molar-refractivity contribution in [1.29, 1.82) is 0 Å². The molecule has 10 aromatic rings. The molecule has 3 heterocycles. The van der Waals surface area contributed by atoms with Crippen LogP contribution in [0.2, 0.25) is 0 Å². The Labute approximate surface area is 299 Å². The molecule has 52 heavy (non-hydrogen) atoms. The van der Waals surface area contributed by atoms with Gasteiger partial charge in [-0.1, -0.05) is 92.7 Å². The van der Waals surface area contributed by atoms with E-state index in [9.17, 15) is 0 Å². The molecule has 246 valence electrons. The monoisotopic (exact) mass is 669 g/mol. The van der Waals surface area contributed by atoms with Gasteiger partial charge in [0.2, 0.25) is 11.8 Å². The van der Waals surface area contributed by atoms with Crippen molar-refractivity contribution in [3.63, 3.8) is 0 Å². The standard InChI is InChI=1S/C47H31N3O2/c1-47(2)36-12-4-3-10-33(36)44-32(11-9-13-37(44)47)28-18-22-31(23-19-28)50-40-24-20-29(45-48-38-14-5-7-16-42(38)51-45)26-34(40)35-27-30(21-25-41(35)50)46-49-39-15-6-8-17-43(39)52-46/h3-27H,1-2H3. The normalized spacial score (nSPS) is 13.3. The Morgan fingerprint density at radius 1 is 0.481 bits per heavy atom. The van der Waals surface area contributed by atoms with Gasteiger partial charge in [-0.2, -0.15) is 0 Å². The second kappa shape index (κ2) is 10.6. The number of hydrogen-bond donors (Lipinski definition) is 0. The lowest BCUT2D eigenvalue weighted by Gasteiger charge is -2.21. The summed E-state index contributed by atoms with van der Waals surface area (Å²) in [5.41, 5.74) is 16.2. The minimum atomic E-state index is -0.0433. The van der Waals surface area contributed by atoms with Crippen LogP contribution in [0, 0.1) is 0 Å². The van der Waals surface area contributed by atoms with Crippen LogP contribution >= 0.6 is 0 Å². The Kier molecular flexibility index (Phi) is 5.95. The van der Waals surface area contributed by atoms with Crippen LogP contribution in [-0.4, -0.2) is 14.5 Å². The predicted octanol–water partition coefficient (Wildman–Crippen LogP) is 12.4. The van der Waals surface area contributed by atoms with Crippen LogP contribution in [0.4, 0.5) is 0 Å². The molecule has 0 spiro atoms. The third kappa shape index (κ3) is 4.17. The summed E-state index contributed by atoms with van der Waals surface area (Å²) in [6.45, 7) is 4.66. The smallest absolute Gasteiger partial charge is 0.227 e. The molecule has 1 aliphatic carbocycles. The zero-order valence-corrected chi connectivity index (χ0v) is 28.6. The highest BCUT2D eigenvalue weighted by Gasteiger charge is 2.36. The maximum Gasteiger partial charge on any atom is 0.227 e. The highest BCUT2D eigenvalue weighted by Crippen LogP contribution is 2.52. The molecular weight excluding hydrogens is 639 g/mol. The van der Waals surface area contributed by atoms with Gasteiger partial charge in [0.05, 0.1) is 11.0 Å². The zero-order valence-electron chi connectivity index (χ0n) is 28.6. The maximum atomic E-state index is 6.21. The van der Waals surface area contributed by atoms with Crippen LogP contribution in [0.1, 0.15) is 25.0 Å². The molecule has 0 bridgehead atoms. The highest BCUT2D eigenvalue weighted by molar-refractivity contribution is 6.11. The molecule has 0 saturated heterocycles. The summed E-state index contributed by atoms with van der Waals surface area (Å²) in [6.07, 6.45) is 0. The first kappa shape index (κ1) is 29.1. The maximum absolute atomic E-state index is 6.21. The Bertz CT molecular complexity index is 2850. The van der Waals surface area contributed by atoms with Crippen LogP contribution in [0.25, 0.3) is 94.9 Å². The van der Waals surface area contributed by atoms with Crippen molar-refractivity contribution in [3.05, 3.63) is 163 Å². The lowest BCUT2D eigenvalue weighted by Crippen LogP contribution is -2.14. The minimum Gasteiger partial charge on any atom is -0.436 e. The van der Waals surface area contributed by atoms with Gasteiger partial charge in [0.15, 0.2) is 11.2 Å². The van der Waals surface area contributed by atoms with E-state index in [1.807, 2.05) is 48.5 Å². The van der Waals surface area contributed by atoms with Crippen LogP contribution in [-0.2, 0) is 5.41 Å². The molecular formula is C47H31N3O2. The number of nitrogens with zero attached hydrogens (tertiary/aromatic N) is 3. The SMILES string of the molecule is CC1(C)c2ccccc2-c2c(-c3ccc(-n4c5ccc(-c6nc7ccccc7o6)cc5c5cc(-c6nc7ccccc7o6)ccc54)cc3)cccc21. The molecule has 3 aromatic heterocycles. The van der Waals surface area contributed by atoms with Crippen LogP contribution in [0.3, 0.4) is 0 Å². The first-order valence-corrected chi connectivity index (χ1v) is 17.7. The fourth-order valence-electron chi connectivity index (χ4n) is 8.34. The average molecular weight is 670 g/mol. The van der Waals surface area contributed by atoms with Crippen molar-refractivity contribution in [2.75, 3.05) is 0 Å². The van der Waals surface area contributed by atoms with Crippen molar-refractivity contribution in [3.8, 4) is 50.8 Å². The molecule has 5 nitrogen and oxygen atoms in total. The first-order valence-electron chi connectivity index (χ1n) is 17.7. The van der Waals surface area contributed by atoms with Gasteiger partial charge in [-0.05, 0) is 106 Å². The Morgan fingerprint density at radius 2 is 1.00 bits per heavy atom. The number of benzene rings is 7. The van der Waals surface area contributed by atoms with Gasteiger partial charge in [-0.15, -0.1) is 0 Å². The summed E-state index contributed by atoms with van der Waals surface area (Å²) < 4.78 is 14.8. The van der Waals surface area contributed by atoms with Gasteiger partial charge in [0.25, 0.3) is 0 Å². The van der Waals surface area contributed by atoms with Crippen molar-refractivity contribution < 1.29 is 8.83 Å². The third-order valence-corrected chi connectivity index (χ3v) is 10.9. The van der Waals surface area contributed by atoms with E-state index >= 15 is 0 Å². The van der Waals surface area contributed by atoms with Gasteiger partial charge < -0.3 is 13.4 Å². The Balaban J connectivity index is 1.08. The molecule has 0 N–H and O–H groups in total. The molecule has 0 radical (unpaired) electrons. The second-order valence-corrected chi connectivity index (χ2v) is 14.2. The van der Waals surface area contributed by atoms with E-state index in [-0.39, 0.29) is 5.41 Å². The fraction of sp³-hybridized carbons (Fsp3) is 0.0638. The zero-order chi connectivity index (χ0) is 34.6. The second-order valence-electron chi connectivity index (χ2n) is 14.2. The van der Waals surface area contributed by atoms with Crippen LogP contribution in [0.5, 0.6) is 0 Å². The number of fused-ring (bicyclic) bond motifs is 8. The molecule has 0 saturated carbocycles. The van der Waals surface area contributed by atoms with Gasteiger partial charge in [0.1, 0.15) is 11.0 Å². The van der Waals surface area contributed by atoms with E-state index in [2.05, 4.69) is 122 Å². The molecule has 5 heteroatoms. The summed E-state index contributed by atoms with van der Waals surface area (Å²) in [7, 11) is 0. The van der Waals surface area contributed by atoms with Gasteiger partial charge >= 0.3 is 0 Å². The third-order valence-electron chi connectivity index (χ3n) is 10.9. The fourth-order valence-corrected chi connectivity index (χ4v) is 8.34. The molecule has 0 amide bonds. The average Bonchev–Trinajstić information content (AvgIpc) is 3.95. The van der Waals surface area contributed by atoms with E-state index in [1.165, 1.54) is 33.4 Å². The van der Waals surface area contributed by atoms with Crippen molar-refractivity contribution in [2.24, 2.45) is 0 Å². The number of para-hydroxylation sites is 4. The van der Waals surface area contributed by atoms with Crippen molar-refractivity contribution in [1.82, 2.24) is 14.5 Å².